The number of rotatable bonds is 3. The summed E-state index contributed by atoms with van der Waals surface area (Å²) >= 11 is 18.1. The first-order valence-electron chi connectivity index (χ1n) is 6.11. The molecule has 3 nitrogen and oxygen atoms in total. The van der Waals surface area contributed by atoms with Gasteiger partial charge in [-0.3, -0.25) is 0 Å². The van der Waals surface area contributed by atoms with Crippen LogP contribution in [0.2, 0.25) is 5.02 Å². The number of halogens is 3. The maximum Gasteiger partial charge on any atom is 0.336 e. The van der Waals surface area contributed by atoms with Crippen LogP contribution < -0.4 is 10.4 Å². The summed E-state index contributed by atoms with van der Waals surface area (Å²) in [4.78, 5) is 11.4. The molecule has 1 aliphatic rings. The average molecular weight is 334 g/mol. The summed E-state index contributed by atoms with van der Waals surface area (Å²) in [5, 5.41) is 1.25. The van der Waals surface area contributed by atoms with Gasteiger partial charge in [0, 0.05) is 23.4 Å². The van der Waals surface area contributed by atoms with E-state index in [1.807, 2.05) is 6.92 Å². The smallest absolute Gasteiger partial charge is 0.336 e. The average Bonchev–Trinajstić information content (AvgIpc) is 2.95. The molecule has 0 N–H and O–H groups in total. The lowest BCUT2D eigenvalue weighted by molar-refractivity contribution is 0.298. The summed E-state index contributed by atoms with van der Waals surface area (Å²) < 4.78 is 10.1. The molecular weight excluding hydrogens is 323 g/mol. The lowest BCUT2D eigenvalue weighted by Gasteiger charge is -2.09. The highest BCUT2D eigenvalue weighted by atomic mass is 35.5. The SMILES string of the molecule is Cc1cc(=O)oc2cc(OC[C@@H]3CC3(Cl)Cl)c(Cl)cc12. The number of aryl methyl sites for hydroxylation is 1. The molecule has 1 saturated carbocycles. The molecule has 1 heterocycles. The second-order valence-corrected chi connectivity index (χ2v) is 6.95. The largest absolute Gasteiger partial charge is 0.491 e. The van der Waals surface area contributed by atoms with Crippen LogP contribution in [-0.2, 0) is 0 Å². The minimum absolute atomic E-state index is 0.0992. The second-order valence-electron chi connectivity index (χ2n) is 5.00. The summed E-state index contributed by atoms with van der Waals surface area (Å²) in [6, 6.07) is 4.78. The van der Waals surface area contributed by atoms with Gasteiger partial charge in [-0.15, -0.1) is 23.2 Å². The Morgan fingerprint density at radius 2 is 2.10 bits per heavy atom. The normalized spacial score (nSPS) is 20.1. The summed E-state index contributed by atoms with van der Waals surface area (Å²) in [7, 11) is 0. The second kappa shape index (κ2) is 4.83. The van der Waals surface area contributed by atoms with E-state index in [-0.39, 0.29) is 5.92 Å². The van der Waals surface area contributed by atoms with Crippen LogP contribution in [-0.4, -0.2) is 10.9 Å². The molecule has 20 heavy (non-hydrogen) atoms. The van der Waals surface area contributed by atoms with Crippen molar-refractivity contribution in [3.63, 3.8) is 0 Å². The number of hydrogen-bond acceptors (Lipinski definition) is 3. The Morgan fingerprint density at radius 1 is 1.40 bits per heavy atom. The first-order chi connectivity index (χ1) is 9.37. The highest BCUT2D eigenvalue weighted by Gasteiger charge is 2.52. The molecule has 6 heteroatoms. The van der Waals surface area contributed by atoms with Gasteiger partial charge in [0.2, 0.25) is 0 Å². The van der Waals surface area contributed by atoms with Crippen molar-refractivity contribution in [2.45, 2.75) is 17.7 Å². The summed E-state index contributed by atoms with van der Waals surface area (Å²) in [5.74, 6) is 0.561. The molecule has 106 valence electrons. The van der Waals surface area contributed by atoms with E-state index in [9.17, 15) is 4.79 Å². The fraction of sp³-hybridized carbons (Fsp3) is 0.357. The van der Waals surface area contributed by atoms with E-state index in [0.717, 1.165) is 10.9 Å². The van der Waals surface area contributed by atoms with Crippen molar-refractivity contribution < 1.29 is 9.15 Å². The fourth-order valence-electron chi connectivity index (χ4n) is 2.07. The van der Waals surface area contributed by atoms with Gasteiger partial charge in [0.15, 0.2) is 0 Å². The highest BCUT2D eigenvalue weighted by Crippen LogP contribution is 2.53. The minimum atomic E-state index is -0.688. The van der Waals surface area contributed by atoms with Crippen molar-refractivity contribution in [3.05, 3.63) is 39.2 Å². The standard InChI is InChI=1S/C14H11Cl3O3/c1-7-2-13(18)20-11-4-12(10(15)3-9(7)11)19-6-8-5-14(8,16)17/h2-4,8H,5-6H2,1H3/t8-/m0/s1. The third-order valence-corrected chi connectivity index (χ3v) is 4.62. The third kappa shape index (κ3) is 2.62. The number of benzene rings is 1. The van der Waals surface area contributed by atoms with Crippen LogP contribution in [0, 0.1) is 12.8 Å². The van der Waals surface area contributed by atoms with E-state index < -0.39 is 9.96 Å². The molecule has 2 aromatic rings. The van der Waals surface area contributed by atoms with Crippen LogP contribution in [0.3, 0.4) is 0 Å². The molecular formula is C14H11Cl3O3. The zero-order valence-corrected chi connectivity index (χ0v) is 12.9. The molecule has 1 aromatic heterocycles. The third-order valence-electron chi connectivity index (χ3n) is 3.40. The van der Waals surface area contributed by atoms with Gasteiger partial charge < -0.3 is 9.15 Å². The first kappa shape index (κ1) is 14.1. The zero-order valence-electron chi connectivity index (χ0n) is 10.6. The van der Waals surface area contributed by atoms with E-state index in [4.69, 9.17) is 44.0 Å². The van der Waals surface area contributed by atoms with Crippen LogP contribution in [0.25, 0.3) is 11.0 Å². The van der Waals surface area contributed by atoms with Crippen LogP contribution in [0.15, 0.2) is 27.4 Å². The van der Waals surface area contributed by atoms with Gasteiger partial charge >= 0.3 is 5.63 Å². The van der Waals surface area contributed by atoms with Gasteiger partial charge in [0.25, 0.3) is 0 Å². The number of hydrogen-bond donors (Lipinski definition) is 0. The fourth-order valence-corrected chi connectivity index (χ4v) is 2.79. The molecule has 0 unspecified atom stereocenters. The van der Waals surface area contributed by atoms with Crippen molar-refractivity contribution in [2.75, 3.05) is 6.61 Å². The van der Waals surface area contributed by atoms with Crippen molar-refractivity contribution in [2.24, 2.45) is 5.92 Å². The van der Waals surface area contributed by atoms with Crippen molar-refractivity contribution >= 4 is 45.8 Å². The number of alkyl halides is 2. The topological polar surface area (TPSA) is 39.4 Å². The molecule has 3 rings (SSSR count). The van der Waals surface area contributed by atoms with Gasteiger partial charge in [-0.1, -0.05) is 11.6 Å². The number of fused-ring (bicyclic) bond motifs is 1. The lowest BCUT2D eigenvalue weighted by atomic mass is 10.1. The van der Waals surface area contributed by atoms with Crippen LogP contribution in [0.5, 0.6) is 5.75 Å². The molecule has 0 saturated heterocycles. The van der Waals surface area contributed by atoms with E-state index in [1.165, 1.54) is 6.07 Å². The summed E-state index contributed by atoms with van der Waals surface area (Å²) in [5.41, 5.74) is 0.867. The van der Waals surface area contributed by atoms with Gasteiger partial charge in [0.05, 0.1) is 11.6 Å². The predicted octanol–water partition coefficient (Wildman–Crippen LogP) is 4.33. The van der Waals surface area contributed by atoms with Crippen LogP contribution >= 0.6 is 34.8 Å². The van der Waals surface area contributed by atoms with Crippen LogP contribution in [0.1, 0.15) is 12.0 Å². The van der Waals surface area contributed by atoms with Gasteiger partial charge in [0.1, 0.15) is 15.7 Å². The Labute approximate surface area is 130 Å². The van der Waals surface area contributed by atoms with Gasteiger partial charge in [-0.2, -0.15) is 0 Å². The Hall–Kier alpha value is -0.900. The minimum Gasteiger partial charge on any atom is -0.491 e. The van der Waals surface area contributed by atoms with Gasteiger partial charge in [-0.05, 0) is 25.0 Å². The quantitative estimate of drug-likeness (QED) is 0.620. The molecule has 0 bridgehead atoms. The predicted molar refractivity (Wildman–Crippen MR) is 80.3 cm³/mol. The van der Waals surface area contributed by atoms with Crippen molar-refractivity contribution in [3.8, 4) is 5.75 Å². The highest BCUT2D eigenvalue weighted by molar-refractivity contribution is 6.50. The molecule has 0 radical (unpaired) electrons. The van der Waals surface area contributed by atoms with E-state index >= 15 is 0 Å². The van der Waals surface area contributed by atoms with E-state index in [1.54, 1.807) is 12.1 Å². The molecule has 1 aromatic carbocycles. The Morgan fingerprint density at radius 3 is 2.75 bits per heavy atom. The van der Waals surface area contributed by atoms with E-state index in [0.29, 0.717) is 29.4 Å². The Balaban J connectivity index is 1.91. The maximum atomic E-state index is 11.4. The monoisotopic (exact) mass is 332 g/mol. The molecule has 1 fully saturated rings. The molecule has 1 atom stereocenters. The molecule has 1 aliphatic carbocycles. The van der Waals surface area contributed by atoms with E-state index in [2.05, 4.69) is 0 Å². The lowest BCUT2D eigenvalue weighted by Crippen LogP contribution is -2.05. The summed E-state index contributed by atoms with van der Waals surface area (Å²) in [6.45, 7) is 2.21. The summed E-state index contributed by atoms with van der Waals surface area (Å²) in [6.07, 6.45) is 0.704. The Bertz CT molecular complexity index is 736. The molecule has 0 amide bonds. The zero-order chi connectivity index (χ0) is 14.5. The molecule has 0 aliphatic heterocycles. The van der Waals surface area contributed by atoms with Crippen LogP contribution in [0.4, 0.5) is 0 Å². The molecule has 0 spiro atoms. The number of ether oxygens (including phenoxy) is 1. The first-order valence-corrected chi connectivity index (χ1v) is 7.25. The van der Waals surface area contributed by atoms with Crippen molar-refractivity contribution in [1.29, 1.82) is 0 Å². The Kier molecular flexibility index (Phi) is 3.39. The van der Waals surface area contributed by atoms with Crippen molar-refractivity contribution in [1.82, 2.24) is 0 Å². The maximum absolute atomic E-state index is 11.4. The van der Waals surface area contributed by atoms with Gasteiger partial charge in [-0.25, -0.2) is 4.79 Å².